The van der Waals surface area contributed by atoms with Gasteiger partial charge in [-0.15, -0.1) is 0 Å². The number of fused-ring (bicyclic) bond motifs is 1. The fourth-order valence-corrected chi connectivity index (χ4v) is 2.39. The van der Waals surface area contributed by atoms with Crippen LogP contribution in [0.25, 0.3) is 0 Å². The Morgan fingerprint density at radius 2 is 1.91 bits per heavy atom. The van der Waals surface area contributed by atoms with Crippen molar-refractivity contribution in [2.45, 2.75) is 26.9 Å². The number of hydrogen-bond acceptors (Lipinski definition) is 4. The number of nitrogens with one attached hydrogen (secondary N) is 1. The first-order chi connectivity index (χ1) is 11.0. The summed E-state index contributed by atoms with van der Waals surface area (Å²) in [6.45, 7) is 5.91. The van der Waals surface area contributed by atoms with Gasteiger partial charge in [0.1, 0.15) is 5.75 Å². The van der Waals surface area contributed by atoms with Gasteiger partial charge < -0.3 is 19.5 Å². The van der Waals surface area contributed by atoms with E-state index in [4.69, 9.17) is 14.2 Å². The third-order valence-corrected chi connectivity index (χ3v) is 3.64. The smallest absolute Gasteiger partial charge is 0.265 e. The van der Waals surface area contributed by atoms with E-state index < -0.39 is 6.10 Å². The molecule has 1 aliphatic rings. The van der Waals surface area contributed by atoms with Crippen LogP contribution in [0.2, 0.25) is 0 Å². The molecule has 23 heavy (non-hydrogen) atoms. The van der Waals surface area contributed by atoms with Crippen molar-refractivity contribution in [3.05, 3.63) is 47.5 Å². The highest BCUT2D eigenvalue weighted by Crippen LogP contribution is 2.34. The van der Waals surface area contributed by atoms with Gasteiger partial charge in [-0.1, -0.05) is 17.7 Å². The van der Waals surface area contributed by atoms with Crippen LogP contribution in [0, 0.1) is 13.8 Å². The van der Waals surface area contributed by atoms with Gasteiger partial charge >= 0.3 is 0 Å². The maximum absolute atomic E-state index is 12.3. The maximum atomic E-state index is 12.3. The largest absolute Gasteiger partial charge is 0.481 e. The summed E-state index contributed by atoms with van der Waals surface area (Å²) < 4.78 is 16.3. The number of carbonyl (C=O) groups excluding carboxylic acids is 1. The van der Waals surface area contributed by atoms with Gasteiger partial charge in [-0.3, -0.25) is 4.79 Å². The van der Waals surface area contributed by atoms with Crippen LogP contribution in [-0.2, 0) is 4.79 Å². The molecule has 0 bridgehead atoms. The Kier molecular flexibility index (Phi) is 4.10. The second-order valence-corrected chi connectivity index (χ2v) is 5.59. The third-order valence-electron chi connectivity index (χ3n) is 3.64. The highest BCUT2D eigenvalue weighted by Gasteiger charge is 2.18. The zero-order chi connectivity index (χ0) is 16.4. The lowest BCUT2D eigenvalue weighted by atomic mass is 10.1. The van der Waals surface area contributed by atoms with Crippen molar-refractivity contribution < 1.29 is 19.0 Å². The zero-order valence-corrected chi connectivity index (χ0v) is 13.4. The normalized spacial score (nSPS) is 13.5. The van der Waals surface area contributed by atoms with Gasteiger partial charge in [-0.05, 0) is 44.5 Å². The molecular weight excluding hydrogens is 294 g/mol. The molecule has 1 atom stereocenters. The molecule has 1 aliphatic heterocycles. The molecule has 2 aromatic carbocycles. The minimum absolute atomic E-state index is 0.207. The lowest BCUT2D eigenvalue weighted by Crippen LogP contribution is -2.30. The van der Waals surface area contributed by atoms with E-state index in [1.165, 1.54) is 0 Å². The van der Waals surface area contributed by atoms with Crippen molar-refractivity contribution in [3.63, 3.8) is 0 Å². The molecule has 0 aromatic heterocycles. The lowest BCUT2D eigenvalue weighted by molar-refractivity contribution is -0.122. The highest BCUT2D eigenvalue weighted by molar-refractivity contribution is 5.94. The Hall–Kier alpha value is -2.69. The number of rotatable bonds is 4. The first-order valence-electron chi connectivity index (χ1n) is 7.47. The minimum atomic E-state index is -0.609. The van der Waals surface area contributed by atoms with E-state index in [1.54, 1.807) is 25.1 Å². The molecule has 1 heterocycles. The van der Waals surface area contributed by atoms with Gasteiger partial charge in [-0.25, -0.2) is 0 Å². The number of ether oxygens (including phenoxy) is 3. The molecule has 1 N–H and O–H groups in total. The molecule has 0 spiro atoms. The van der Waals surface area contributed by atoms with E-state index >= 15 is 0 Å². The van der Waals surface area contributed by atoms with Crippen molar-refractivity contribution in [2.75, 3.05) is 12.1 Å². The van der Waals surface area contributed by atoms with Crippen LogP contribution in [0.15, 0.2) is 36.4 Å². The Morgan fingerprint density at radius 3 is 2.70 bits per heavy atom. The molecule has 5 heteroatoms. The molecule has 0 aliphatic carbocycles. The van der Waals surface area contributed by atoms with Gasteiger partial charge in [0.15, 0.2) is 17.6 Å². The summed E-state index contributed by atoms with van der Waals surface area (Å²) in [5.41, 5.74) is 2.82. The number of amides is 1. The Labute approximate surface area is 135 Å². The summed E-state index contributed by atoms with van der Waals surface area (Å²) in [6, 6.07) is 11.2. The molecule has 3 rings (SSSR count). The summed E-state index contributed by atoms with van der Waals surface area (Å²) in [5.74, 6) is 1.81. The van der Waals surface area contributed by atoms with Crippen molar-refractivity contribution >= 4 is 11.6 Å². The lowest BCUT2D eigenvalue weighted by Gasteiger charge is -2.16. The average molecular weight is 313 g/mol. The number of hydrogen-bond donors (Lipinski definition) is 1. The first-order valence-corrected chi connectivity index (χ1v) is 7.47. The Morgan fingerprint density at radius 1 is 1.13 bits per heavy atom. The predicted octanol–water partition coefficient (Wildman–Crippen LogP) is 3.44. The minimum Gasteiger partial charge on any atom is -0.481 e. The van der Waals surface area contributed by atoms with Crippen LogP contribution in [0.4, 0.5) is 5.69 Å². The number of benzene rings is 2. The quantitative estimate of drug-likeness (QED) is 0.939. The summed E-state index contributed by atoms with van der Waals surface area (Å²) in [4.78, 5) is 12.3. The molecule has 2 aromatic rings. The van der Waals surface area contributed by atoms with Gasteiger partial charge in [0.05, 0.1) is 0 Å². The van der Waals surface area contributed by atoms with Crippen molar-refractivity contribution in [1.29, 1.82) is 0 Å². The molecule has 5 nitrogen and oxygen atoms in total. The predicted molar refractivity (Wildman–Crippen MR) is 87.2 cm³/mol. The van der Waals surface area contributed by atoms with Crippen LogP contribution in [0.1, 0.15) is 18.1 Å². The monoisotopic (exact) mass is 313 g/mol. The van der Waals surface area contributed by atoms with Gasteiger partial charge in [0, 0.05) is 11.8 Å². The topological polar surface area (TPSA) is 56.8 Å². The van der Waals surface area contributed by atoms with E-state index in [2.05, 4.69) is 5.32 Å². The van der Waals surface area contributed by atoms with Crippen LogP contribution in [-0.4, -0.2) is 18.8 Å². The SMILES string of the molecule is Cc1ccc(OC(C)C(=O)Nc2ccc3c(c2)OCO3)c(C)c1. The molecule has 120 valence electrons. The molecular formula is C18H19NO4. The molecule has 1 amide bonds. The third kappa shape index (κ3) is 3.39. The van der Waals surface area contributed by atoms with Crippen LogP contribution in [0.5, 0.6) is 17.2 Å². The second-order valence-electron chi connectivity index (χ2n) is 5.59. The maximum Gasteiger partial charge on any atom is 0.265 e. The number of aryl methyl sites for hydroxylation is 2. The Balaban J connectivity index is 1.65. The van der Waals surface area contributed by atoms with E-state index in [-0.39, 0.29) is 12.7 Å². The zero-order valence-electron chi connectivity index (χ0n) is 13.4. The first kappa shape index (κ1) is 15.2. The van der Waals surface area contributed by atoms with Crippen LogP contribution < -0.4 is 19.5 Å². The second kappa shape index (κ2) is 6.20. The molecule has 0 saturated heterocycles. The highest BCUT2D eigenvalue weighted by atomic mass is 16.7. The molecule has 0 saturated carbocycles. The summed E-state index contributed by atoms with van der Waals surface area (Å²) >= 11 is 0. The van der Waals surface area contributed by atoms with Crippen molar-refractivity contribution in [1.82, 2.24) is 0 Å². The van der Waals surface area contributed by atoms with E-state index in [0.717, 1.165) is 11.1 Å². The number of carbonyl (C=O) groups is 1. The number of anilines is 1. The molecule has 0 fully saturated rings. The van der Waals surface area contributed by atoms with Crippen LogP contribution in [0.3, 0.4) is 0 Å². The van der Waals surface area contributed by atoms with E-state index in [0.29, 0.717) is 22.9 Å². The summed E-state index contributed by atoms with van der Waals surface area (Å²) in [7, 11) is 0. The Bertz CT molecular complexity index is 742. The van der Waals surface area contributed by atoms with E-state index in [9.17, 15) is 4.79 Å². The van der Waals surface area contributed by atoms with E-state index in [1.807, 2.05) is 32.0 Å². The standard InChI is InChI=1S/C18H19NO4/c1-11-4-6-15(12(2)8-11)23-13(3)18(20)19-14-5-7-16-17(9-14)22-10-21-16/h4-9,13H,10H2,1-3H3,(H,19,20). The van der Waals surface area contributed by atoms with Crippen molar-refractivity contribution in [3.8, 4) is 17.2 Å². The van der Waals surface area contributed by atoms with Crippen LogP contribution >= 0.6 is 0 Å². The summed E-state index contributed by atoms with van der Waals surface area (Å²) in [5, 5.41) is 2.82. The van der Waals surface area contributed by atoms with Crippen molar-refractivity contribution in [2.24, 2.45) is 0 Å². The molecule has 0 radical (unpaired) electrons. The summed E-state index contributed by atoms with van der Waals surface area (Å²) in [6.07, 6.45) is -0.609. The van der Waals surface area contributed by atoms with Gasteiger partial charge in [0.25, 0.3) is 5.91 Å². The fraction of sp³-hybridized carbons (Fsp3) is 0.278. The fourth-order valence-electron chi connectivity index (χ4n) is 2.39. The van der Waals surface area contributed by atoms with Gasteiger partial charge in [0.2, 0.25) is 6.79 Å². The average Bonchev–Trinajstić information content (AvgIpc) is 2.97. The van der Waals surface area contributed by atoms with Gasteiger partial charge in [-0.2, -0.15) is 0 Å². The molecule has 1 unspecified atom stereocenters.